The highest BCUT2D eigenvalue weighted by Crippen LogP contribution is 2.43. The lowest BCUT2D eigenvalue weighted by molar-refractivity contribution is -0.384. The van der Waals surface area contributed by atoms with E-state index in [1.807, 2.05) is 25.1 Å². The fraction of sp³-hybridized carbons (Fsp3) is 0.391. The second-order valence-electron chi connectivity index (χ2n) is 17.3. The van der Waals surface area contributed by atoms with Crippen molar-refractivity contribution in [2.45, 2.75) is 63.8 Å². The lowest BCUT2D eigenvalue weighted by Crippen LogP contribution is -2.47. The van der Waals surface area contributed by atoms with Gasteiger partial charge in [0.15, 0.2) is 0 Å². The third-order valence-electron chi connectivity index (χ3n) is 12.4. The number of fused-ring (bicyclic) bond motifs is 1. The minimum Gasteiger partial charge on any atom is -0.455 e. The zero-order chi connectivity index (χ0) is 43.6. The number of aromatic nitrogens is 2. The summed E-state index contributed by atoms with van der Waals surface area (Å²) in [5.41, 5.74) is 5.54. The Kier molecular flexibility index (Phi) is 12.6. The van der Waals surface area contributed by atoms with Gasteiger partial charge >= 0.3 is 0 Å². The second-order valence-corrected chi connectivity index (χ2v) is 19.4. The van der Waals surface area contributed by atoms with Gasteiger partial charge in [-0.1, -0.05) is 43.2 Å². The van der Waals surface area contributed by atoms with Crippen molar-refractivity contribution in [3.05, 3.63) is 117 Å². The second kappa shape index (κ2) is 18.1. The van der Waals surface area contributed by atoms with Gasteiger partial charge in [0, 0.05) is 86.4 Å². The van der Waals surface area contributed by atoms with Gasteiger partial charge in [0.25, 0.3) is 21.6 Å². The number of carbonyl (C=O) groups is 1. The first kappa shape index (κ1) is 43.2. The molecule has 0 saturated carbocycles. The van der Waals surface area contributed by atoms with Crippen LogP contribution >= 0.6 is 11.6 Å². The number of carbonyl (C=O) groups excluding carboxylic acids is 1. The topological polar surface area (TPSA) is 172 Å². The summed E-state index contributed by atoms with van der Waals surface area (Å²) in [7, 11) is -4.57. The number of allylic oxidation sites excluding steroid dienone is 1. The monoisotopic (exact) mass is 881 g/mol. The Balaban J connectivity index is 1.01. The van der Waals surface area contributed by atoms with Crippen LogP contribution in [0.3, 0.4) is 0 Å². The number of benzene rings is 3. The van der Waals surface area contributed by atoms with E-state index >= 15 is 0 Å². The summed E-state index contributed by atoms with van der Waals surface area (Å²) in [4.78, 5) is 37.3. The zero-order valence-corrected chi connectivity index (χ0v) is 36.7. The number of rotatable bonds is 13. The Morgan fingerprint density at radius 2 is 1.81 bits per heavy atom. The van der Waals surface area contributed by atoms with Crippen molar-refractivity contribution in [3.8, 4) is 11.5 Å². The molecule has 16 heteroatoms. The van der Waals surface area contributed by atoms with E-state index < -0.39 is 31.4 Å². The predicted octanol–water partition coefficient (Wildman–Crippen LogP) is 9.05. The van der Waals surface area contributed by atoms with Crippen molar-refractivity contribution >= 4 is 61.2 Å². The Morgan fingerprint density at radius 1 is 1.05 bits per heavy atom. The van der Waals surface area contributed by atoms with E-state index in [1.54, 1.807) is 30.5 Å². The fourth-order valence-electron chi connectivity index (χ4n) is 8.75. The van der Waals surface area contributed by atoms with Crippen LogP contribution in [0.25, 0.3) is 16.6 Å². The third kappa shape index (κ3) is 9.91. The van der Waals surface area contributed by atoms with Crippen molar-refractivity contribution < 1.29 is 27.6 Å². The maximum atomic E-state index is 13.9. The highest BCUT2D eigenvalue weighted by atomic mass is 35.5. The van der Waals surface area contributed by atoms with Crippen LogP contribution in [0.5, 0.6) is 11.5 Å². The Morgan fingerprint density at radius 3 is 2.55 bits per heavy atom. The fourth-order valence-corrected chi connectivity index (χ4v) is 9.86. The summed E-state index contributed by atoms with van der Waals surface area (Å²) in [5, 5.41) is 16.9. The number of nitrogens with one attached hydrogen (secondary N) is 3. The molecular weight excluding hydrogens is 830 g/mol. The van der Waals surface area contributed by atoms with Gasteiger partial charge in [-0.15, -0.1) is 0 Å². The van der Waals surface area contributed by atoms with Crippen LogP contribution < -0.4 is 19.7 Å². The molecule has 3 aromatic carbocycles. The molecule has 0 spiro atoms. The summed E-state index contributed by atoms with van der Waals surface area (Å²) in [6.45, 7) is 11.8. The third-order valence-corrected chi connectivity index (χ3v) is 14.0. The quantitative estimate of drug-likeness (QED) is 0.0761. The van der Waals surface area contributed by atoms with Crippen molar-refractivity contribution in [2.75, 3.05) is 56.2 Å². The molecule has 2 aliphatic heterocycles. The first-order chi connectivity index (χ1) is 29.7. The minimum atomic E-state index is -4.57. The molecule has 2 saturated heterocycles. The average molecular weight is 882 g/mol. The van der Waals surface area contributed by atoms with Gasteiger partial charge in [-0.2, -0.15) is 0 Å². The maximum absolute atomic E-state index is 13.9. The summed E-state index contributed by atoms with van der Waals surface area (Å²) in [5.74, 6) is -0.230. The summed E-state index contributed by atoms with van der Waals surface area (Å²) >= 11 is 6.24. The molecule has 3 aliphatic rings. The van der Waals surface area contributed by atoms with Crippen molar-refractivity contribution in [1.82, 2.24) is 19.6 Å². The van der Waals surface area contributed by atoms with Crippen LogP contribution in [-0.2, 0) is 14.8 Å². The van der Waals surface area contributed by atoms with Crippen molar-refractivity contribution in [2.24, 2.45) is 11.3 Å². The van der Waals surface area contributed by atoms with E-state index in [9.17, 15) is 23.3 Å². The molecule has 2 aromatic heterocycles. The number of H-pyrrole nitrogens is 1. The lowest BCUT2D eigenvalue weighted by Gasteiger charge is -2.39. The number of halogens is 1. The summed E-state index contributed by atoms with van der Waals surface area (Å²) in [6.07, 6.45) is 8.10. The highest BCUT2D eigenvalue weighted by Gasteiger charge is 2.31. The zero-order valence-electron chi connectivity index (χ0n) is 35.2. The van der Waals surface area contributed by atoms with Gasteiger partial charge in [0.1, 0.15) is 22.8 Å². The maximum Gasteiger partial charge on any atom is 0.293 e. The number of anilines is 2. The molecule has 3 N–H and O–H groups in total. The normalized spacial score (nSPS) is 18.1. The predicted molar refractivity (Wildman–Crippen MR) is 242 cm³/mol. The average Bonchev–Trinajstić information content (AvgIpc) is 3.73. The molecule has 14 nitrogen and oxygen atoms in total. The van der Waals surface area contributed by atoms with E-state index in [2.05, 4.69) is 55.8 Å². The number of hydrogen-bond acceptors (Lipinski definition) is 11. The summed E-state index contributed by atoms with van der Waals surface area (Å²) < 4.78 is 41.4. The van der Waals surface area contributed by atoms with Gasteiger partial charge in [0.05, 0.1) is 21.6 Å². The summed E-state index contributed by atoms with van der Waals surface area (Å²) in [6, 6.07) is 20.3. The first-order valence-electron chi connectivity index (χ1n) is 21.1. The molecule has 8 rings (SSSR count). The van der Waals surface area contributed by atoms with Gasteiger partial charge in [0.2, 0.25) is 0 Å². The van der Waals surface area contributed by atoms with Crippen molar-refractivity contribution in [1.29, 1.82) is 0 Å². The van der Waals surface area contributed by atoms with Crippen LogP contribution in [0, 0.1) is 21.4 Å². The molecule has 0 bridgehead atoms. The number of ether oxygens (including phenoxy) is 2. The molecule has 4 heterocycles. The van der Waals surface area contributed by atoms with Crippen LogP contribution in [-0.4, -0.2) is 86.1 Å². The minimum absolute atomic E-state index is 0.0370. The van der Waals surface area contributed by atoms with Gasteiger partial charge in [-0.3, -0.25) is 19.8 Å². The Hall–Kier alpha value is -5.48. The van der Waals surface area contributed by atoms with Crippen LogP contribution in [0.4, 0.5) is 17.1 Å². The van der Waals surface area contributed by atoms with E-state index in [0.29, 0.717) is 24.6 Å². The van der Waals surface area contributed by atoms with Crippen LogP contribution in [0.1, 0.15) is 68.8 Å². The van der Waals surface area contributed by atoms with Crippen molar-refractivity contribution in [3.63, 3.8) is 0 Å². The molecule has 326 valence electrons. The van der Waals surface area contributed by atoms with Gasteiger partial charge < -0.3 is 24.7 Å². The number of piperazine rings is 1. The number of nitro benzene ring substituents is 1. The number of sulfonamides is 1. The van der Waals surface area contributed by atoms with Crippen LogP contribution in [0.15, 0.2) is 95.7 Å². The Labute approximate surface area is 366 Å². The van der Waals surface area contributed by atoms with Gasteiger partial charge in [-0.05, 0) is 110 Å². The SMILES string of the molecule is CC(Nc1ccc(S(=O)(=O)NC(=O)c2ccc(N3CCN(CC4=C(c5ccc(Cl)cc5)CC(C)(C)CC4)CC3)cc2Oc2cnc3[nH]ccc3c2)cc1[N+](=O)[O-])C1CCOCC1. The molecule has 1 amide bonds. The largest absolute Gasteiger partial charge is 0.455 e. The number of aromatic amines is 1. The molecular formula is C46H52ClN7O7S. The molecule has 2 fully saturated rings. The van der Waals surface area contributed by atoms with Crippen LogP contribution in [0.2, 0.25) is 5.02 Å². The first-order valence-corrected chi connectivity index (χ1v) is 23.0. The molecule has 62 heavy (non-hydrogen) atoms. The molecule has 5 aromatic rings. The van der Waals surface area contributed by atoms with E-state index in [4.69, 9.17) is 21.1 Å². The number of nitro groups is 1. The van der Waals surface area contributed by atoms with E-state index in [0.717, 1.165) is 87.0 Å². The molecule has 0 radical (unpaired) electrons. The number of nitrogens with zero attached hydrogens (tertiary/aromatic N) is 4. The van der Waals surface area contributed by atoms with E-state index in [1.165, 1.54) is 35.0 Å². The number of pyridine rings is 1. The number of hydrogen-bond donors (Lipinski definition) is 3. The lowest BCUT2D eigenvalue weighted by atomic mass is 9.72. The molecule has 1 atom stereocenters. The number of amides is 1. The van der Waals surface area contributed by atoms with Gasteiger partial charge in [-0.25, -0.2) is 18.1 Å². The smallest absolute Gasteiger partial charge is 0.293 e. The molecule has 1 aliphatic carbocycles. The van der Waals surface area contributed by atoms with E-state index in [-0.39, 0.29) is 34.4 Å². The Bertz CT molecular complexity index is 2600. The molecule has 1 unspecified atom stereocenters. The highest BCUT2D eigenvalue weighted by molar-refractivity contribution is 7.90. The standard InChI is InChI=1S/C46H52ClN7O7S/c1-30(31-14-22-60-23-15-31)50-41-11-9-38(26-42(41)54(56)57)62(58,59)51-45(55)39-10-8-36(25-43(39)61-37-24-33-13-17-48-44(33)49-28-37)53-20-18-52(19-21-53)29-34-12-16-46(2,3)27-40(34)32-4-6-35(47)7-5-32/h4-11,13,17,24-26,28,30-31,50H,12,14-16,18-23,27,29H2,1-3H3,(H,48,49)(H,51,55).